The summed E-state index contributed by atoms with van der Waals surface area (Å²) in [6.45, 7) is 0.679. The molecule has 0 unspecified atom stereocenters. The third-order valence-electron chi connectivity index (χ3n) is 4.10. The van der Waals surface area contributed by atoms with Gasteiger partial charge in [-0.3, -0.25) is 4.79 Å². The third-order valence-corrected chi connectivity index (χ3v) is 4.78. The molecule has 2 heterocycles. The van der Waals surface area contributed by atoms with Crippen LogP contribution in [0, 0.1) is 0 Å². The Balaban J connectivity index is 1.83. The van der Waals surface area contributed by atoms with Gasteiger partial charge < -0.3 is 4.90 Å². The van der Waals surface area contributed by atoms with Crippen molar-refractivity contribution in [2.24, 2.45) is 0 Å². The summed E-state index contributed by atoms with van der Waals surface area (Å²) in [4.78, 5) is 19.2. The summed E-state index contributed by atoms with van der Waals surface area (Å²) in [5.74, 6) is -0.0356. The largest absolute Gasteiger partial charge is 0.308 e. The van der Waals surface area contributed by atoms with E-state index in [0.29, 0.717) is 17.3 Å². The second kappa shape index (κ2) is 5.62. The van der Waals surface area contributed by atoms with Gasteiger partial charge >= 0.3 is 0 Å². The molecule has 1 aliphatic heterocycles. The van der Waals surface area contributed by atoms with Crippen LogP contribution in [0.2, 0.25) is 5.15 Å². The number of hydrogen-bond acceptors (Lipinski definition) is 2. The van der Waals surface area contributed by atoms with Gasteiger partial charge in [-0.15, -0.1) is 0 Å². The molecule has 0 saturated carbocycles. The number of anilines is 1. The molecule has 0 radical (unpaired) electrons. The number of amides is 1. The molecule has 3 aromatic rings. The van der Waals surface area contributed by atoms with Crippen LogP contribution in [0.15, 0.2) is 53.0 Å². The standard InChI is InChI=1S/C18H12BrClN2O/c19-12-5-6-16-11(9-12)7-8-22(16)18(23)14-10-17(20)21-15-4-2-1-3-13(14)15/h1-6,9-10H,7-8H2. The minimum absolute atomic E-state index is 0.0356. The maximum absolute atomic E-state index is 13.1. The minimum atomic E-state index is -0.0356. The van der Waals surface area contributed by atoms with Crippen molar-refractivity contribution in [3.8, 4) is 0 Å². The number of benzene rings is 2. The minimum Gasteiger partial charge on any atom is -0.308 e. The molecule has 0 N–H and O–H groups in total. The van der Waals surface area contributed by atoms with Crippen LogP contribution in [-0.4, -0.2) is 17.4 Å². The number of fused-ring (bicyclic) bond motifs is 2. The molecule has 4 rings (SSSR count). The van der Waals surface area contributed by atoms with Crippen LogP contribution in [0.25, 0.3) is 10.9 Å². The van der Waals surface area contributed by atoms with E-state index in [-0.39, 0.29) is 5.91 Å². The van der Waals surface area contributed by atoms with Crippen molar-refractivity contribution in [3.05, 3.63) is 69.3 Å². The highest BCUT2D eigenvalue weighted by Gasteiger charge is 2.27. The SMILES string of the molecule is O=C(c1cc(Cl)nc2ccccc12)N1CCc2cc(Br)ccc21. The summed E-state index contributed by atoms with van der Waals surface area (Å²) >= 11 is 9.59. The fourth-order valence-electron chi connectivity index (χ4n) is 3.05. The second-order valence-electron chi connectivity index (χ2n) is 5.49. The van der Waals surface area contributed by atoms with Crippen LogP contribution in [0.1, 0.15) is 15.9 Å². The molecule has 23 heavy (non-hydrogen) atoms. The monoisotopic (exact) mass is 386 g/mol. The molecule has 1 aromatic heterocycles. The van der Waals surface area contributed by atoms with Crippen molar-refractivity contribution in [1.82, 2.24) is 4.98 Å². The Morgan fingerprint density at radius 1 is 1.17 bits per heavy atom. The first kappa shape index (κ1) is 14.7. The molecule has 2 aromatic carbocycles. The quantitative estimate of drug-likeness (QED) is 0.559. The zero-order valence-corrected chi connectivity index (χ0v) is 14.4. The van der Waals surface area contributed by atoms with Crippen LogP contribution in [0.3, 0.4) is 0 Å². The number of halogens is 2. The fraction of sp³-hybridized carbons (Fsp3) is 0.111. The maximum atomic E-state index is 13.1. The smallest absolute Gasteiger partial charge is 0.259 e. The molecular weight excluding hydrogens is 376 g/mol. The van der Waals surface area contributed by atoms with Gasteiger partial charge in [0.2, 0.25) is 0 Å². The molecular formula is C18H12BrClN2O. The Morgan fingerprint density at radius 2 is 2.00 bits per heavy atom. The number of nitrogens with zero attached hydrogens (tertiary/aromatic N) is 2. The van der Waals surface area contributed by atoms with Gasteiger partial charge in [-0.2, -0.15) is 0 Å². The molecule has 3 nitrogen and oxygen atoms in total. The summed E-state index contributed by atoms with van der Waals surface area (Å²) < 4.78 is 1.03. The van der Waals surface area contributed by atoms with E-state index >= 15 is 0 Å². The lowest BCUT2D eigenvalue weighted by Gasteiger charge is -2.18. The topological polar surface area (TPSA) is 33.2 Å². The van der Waals surface area contributed by atoms with Gasteiger partial charge in [0.25, 0.3) is 5.91 Å². The predicted octanol–water partition coefficient (Wildman–Crippen LogP) is 4.85. The number of carbonyl (C=O) groups is 1. The van der Waals surface area contributed by atoms with Crippen molar-refractivity contribution in [3.63, 3.8) is 0 Å². The van der Waals surface area contributed by atoms with Gasteiger partial charge in [0, 0.05) is 22.1 Å². The Labute approximate surface area is 147 Å². The molecule has 114 valence electrons. The number of carbonyl (C=O) groups excluding carboxylic acids is 1. The molecule has 0 spiro atoms. The second-order valence-corrected chi connectivity index (χ2v) is 6.79. The lowest BCUT2D eigenvalue weighted by molar-refractivity contribution is 0.0991. The molecule has 5 heteroatoms. The fourth-order valence-corrected chi connectivity index (χ4v) is 3.66. The zero-order valence-electron chi connectivity index (χ0n) is 12.1. The van der Waals surface area contributed by atoms with Gasteiger partial charge in [-0.1, -0.05) is 45.7 Å². The number of rotatable bonds is 1. The van der Waals surface area contributed by atoms with E-state index in [4.69, 9.17) is 11.6 Å². The van der Waals surface area contributed by atoms with Gasteiger partial charge in [0.15, 0.2) is 0 Å². The highest BCUT2D eigenvalue weighted by atomic mass is 79.9. The number of hydrogen-bond donors (Lipinski definition) is 0. The molecule has 0 saturated heterocycles. The van der Waals surface area contributed by atoms with Crippen LogP contribution in [0.4, 0.5) is 5.69 Å². The molecule has 0 bridgehead atoms. The molecule has 0 atom stereocenters. The van der Waals surface area contributed by atoms with Gasteiger partial charge in [0.1, 0.15) is 5.15 Å². The van der Waals surface area contributed by atoms with E-state index in [1.54, 1.807) is 6.07 Å². The predicted molar refractivity (Wildman–Crippen MR) is 96.3 cm³/mol. The summed E-state index contributed by atoms with van der Waals surface area (Å²) in [6, 6.07) is 15.2. The summed E-state index contributed by atoms with van der Waals surface area (Å²) in [7, 11) is 0. The average Bonchev–Trinajstić information content (AvgIpc) is 2.96. The van der Waals surface area contributed by atoms with E-state index in [0.717, 1.165) is 27.5 Å². The zero-order chi connectivity index (χ0) is 16.0. The lowest BCUT2D eigenvalue weighted by Crippen LogP contribution is -2.29. The summed E-state index contributed by atoms with van der Waals surface area (Å²) in [6.07, 6.45) is 0.858. The molecule has 1 aliphatic rings. The highest BCUT2D eigenvalue weighted by molar-refractivity contribution is 9.10. The maximum Gasteiger partial charge on any atom is 0.259 e. The van der Waals surface area contributed by atoms with Gasteiger partial charge in [0.05, 0.1) is 11.1 Å². The normalized spacial score (nSPS) is 13.4. The van der Waals surface area contributed by atoms with Crippen LogP contribution in [0.5, 0.6) is 0 Å². The first-order valence-corrected chi connectivity index (χ1v) is 8.46. The van der Waals surface area contributed by atoms with Crippen molar-refractivity contribution in [1.29, 1.82) is 0 Å². The van der Waals surface area contributed by atoms with Gasteiger partial charge in [-0.05, 0) is 42.3 Å². The van der Waals surface area contributed by atoms with E-state index in [1.165, 1.54) is 5.56 Å². The van der Waals surface area contributed by atoms with Crippen molar-refractivity contribution >= 4 is 50.0 Å². The summed E-state index contributed by atoms with van der Waals surface area (Å²) in [5, 5.41) is 1.16. The van der Waals surface area contributed by atoms with Crippen LogP contribution in [-0.2, 0) is 6.42 Å². The Hall–Kier alpha value is -1.91. The first-order valence-electron chi connectivity index (χ1n) is 7.29. The van der Waals surface area contributed by atoms with Crippen molar-refractivity contribution in [2.45, 2.75) is 6.42 Å². The van der Waals surface area contributed by atoms with E-state index in [2.05, 4.69) is 27.0 Å². The lowest BCUT2D eigenvalue weighted by atomic mass is 10.1. The van der Waals surface area contributed by atoms with E-state index in [1.807, 2.05) is 41.3 Å². The van der Waals surface area contributed by atoms with Crippen LogP contribution >= 0.6 is 27.5 Å². The Bertz CT molecular complexity index is 941. The number of pyridine rings is 1. The van der Waals surface area contributed by atoms with Crippen LogP contribution < -0.4 is 4.90 Å². The number of para-hydroxylation sites is 1. The molecule has 0 aliphatic carbocycles. The van der Waals surface area contributed by atoms with Gasteiger partial charge in [-0.25, -0.2) is 4.98 Å². The van der Waals surface area contributed by atoms with E-state index < -0.39 is 0 Å². The van der Waals surface area contributed by atoms with E-state index in [9.17, 15) is 4.79 Å². The highest BCUT2D eigenvalue weighted by Crippen LogP contribution is 2.33. The number of aromatic nitrogens is 1. The molecule has 0 fully saturated rings. The molecule has 1 amide bonds. The van der Waals surface area contributed by atoms with Crippen molar-refractivity contribution in [2.75, 3.05) is 11.4 Å². The van der Waals surface area contributed by atoms with Crippen molar-refractivity contribution < 1.29 is 4.79 Å². The third kappa shape index (κ3) is 2.52. The summed E-state index contributed by atoms with van der Waals surface area (Å²) in [5.41, 5.74) is 3.47. The first-order chi connectivity index (χ1) is 11.1. The average molecular weight is 388 g/mol. The Morgan fingerprint density at radius 3 is 2.87 bits per heavy atom. The Kier molecular flexibility index (Phi) is 3.58.